The van der Waals surface area contributed by atoms with Gasteiger partial charge in [0.25, 0.3) is 0 Å². The van der Waals surface area contributed by atoms with E-state index in [0.29, 0.717) is 5.75 Å². The zero-order valence-corrected chi connectivity index (χ0v) is 13.6. The third-order valence-electron chi connectivity index (χ3n) is 3.63. The van der Waals surface area contributed by atoms with Gasteiger partial charge in [0.05, 0.1) is 5.75 Å². The lowest BCUT2D eigenvalue weighted by Gasteiger charge is -2.25. The molecule has 4 heteroatoms. The minimum atomic E-state index is 0.170. The van der Waals surface area contributed by atoms with Crippen LogP contribution in [0.2, 0.25) is 0 Å². The number of carbonyl (C=O) groups excluding carboxylic acids is 1. The lowest BCUT2D eigenvalue weighted by atomic mass is 9.87. The maximum absolute atomic E-state index is 12.0. The summed E-state index contributed by atoms with van der Waals surface area (Å²) in [5, 5.41) is 3.28. The molecule has 1 aromatic carbocycles. The van der Waals surface area contributed by atoms with Crippen molar-refractivity contribution in [2.45, 2.75) is 31.6 Å². The molecule has 3 nitrogen and oxygen atoms in total. The first-order valence-corrected chi connectivity index (χ1v) is 8.14. The molecule has 110 valence electrons. The highest BCUT2D eigenvalue weighted by atomic mass is 32.2. The number of nitrogens with one attached hydrogen (secondary N) is 1. The second kappa shape index (κ2) is 6.19. The molecular weight excluding hydrogens is 268 g/mol. The predicted octanol–water partition coefficient (Wildman–Crippen LogP) is 2.78. The molecule has 1 aliphatic rings. The molecule has 1 aromatic rings. The van der Waals surface area contributed by atoms with Gasteiger partial charge in [0, 0.05) is 13.1 Å². The lowest BCUT2D eigenvalue weighted by molar-refractivity contribution is -0.128. The highest BCUT2D eigenvalue weighted by molar-refractivity contribution is 8.00. The number of thioether (sulfide) groups is 1. The van der Waals surface area contributed by atoms with Crippen LogP contribution in [-0.2, 0) is 10.2 Å². The summed E-state index contributed by atoms with van der Waals surface area (Å²) in [5.74, 6) is 0.838. The molecular formula is C16H24N2OS. The Morgan fingerprint density at radius 2 is 1.95 bits per heavy atom. The van der Waals surface area contributed by atoms with Crippen molar-refractivity contribution in [3.05, 3.63) is 35.4 Å². The number of amides is 1. The van der Waals surface area contributed by atoms with Crippen molar-refractivity contribution in [1.82, 2.24) is 10.2 Å². The van der Waals surface area contributed by atoms with Crippen LogP contribution < -0.4 is 5.32 Å². The Kier molecular flexibility index (Phi) is 4.76. The van der Waals surface area contributed by atoms with E-state index in [1.54, 1.807) is 11.8 Å². The third kappa shape index (κ3) is 3.36. The maximum atomic E-state index is 12.0. The minimum absolute atomic E-state index is 0.170. The molecule has 1 saturated heterocycles. The highest BCUT2D eigenvalue weighted by Crippen LogP contribution is 2.38. The third-order valence-corrected chi connectivity index (χ3v) is 4.89. The molecule has 1 N–H and O–H groups in total. The zero-order chi connectivity index (χ0) is 14.8. The van der Waals surface area contributed by atoms with Crippen LogP contribution in [-0.4, -0.2) is 36.7 Å². The second-order valence-corrected chi connectivity index (χ2v) is 7.29. The Labute approximate surface area is 126 Å². The van der Waals surface area contributed by atoms with E-state index in [-0.39, 0.29) is 16.7 Å². The quantitative estimate of drug-likeness (QED) is 0.926. The van der Waals surface area contributed by atoms with Gasteiger partial charge in [0.15, 0.2) is 0 Å². The number of likely N-dealkylation sites (N-methyl/N-ethyl adjacent to an activating group) is 1. The Morgan fingerprint density at radius 3 is 2.50 bits per heavy atom. The molecule has 1 amide bonds. The molecule has 0 aliphatic carbocycles. The number of hydrogen-bond donors (Lipinski definition) is 1. The average molecular weight is 292 g/mol. The molecule has 1 heterocycles. The van der Waals surface area contributed by atoms with E-state index in [1.165, 1.54) is 11.1 Å². The van der Waals surface area contributed by atoms with E-state index in [0.717, 1.165) is 13.1 Å². The van der Waals surface area contributed by atoms with Gasteiger partial charge >= 0.3 is 0 Å². The van der Waals surface area contributed by atoms with E-state index in [1.807, 2.05) is 11.9 Å². The largest absolute Gasteiger partial charge is 0.325 e. The first kappa shape index (κ1) is 15.4. The van der Waals surface area contributed by atoms with E-state index < -0.39 is 0 Å². The highest BCUT2D eigenvalue weighted by Gasteiger charge is 2.32. The molecule has 0 saturated carbocycles. The summed E-state index contributed by atoms with van der Waals surface area (Å²) in [6, 6.07) is 8.72. The van der Waals surface area contributed by atoms with E-state index in [9.17, 15) is 4.79 Å². The maximum Gasteiger partial charge on any atom is 0.233 e. The van der Waals surface area contributed by atoms with Crippen molar-refractivity contribution in [2.75, 3.05) is 25.9 Å². The van der Waals surface area contributed by atoms with Gasteiger partial charge in [-0.2, -0.15) is 0 Å². The molecule has 0 spiro atoms. The zero-order valence-electron chi connectivity index (χ0n) is 12.8. The molecule has 0 radical (unpaired) electrons. The summed E-state index contributed by atoms with van der Waals surface area (Å²) in [4.78, 5) is 13.9. The van der Waals surface area contributed by atoms with Crippen molar-refractivity contribution in [2.24, 2.45) is 0 Å². The Bertz CT molecular complexity index is 464. The lowest BCUT2D eigenvalue weighted by Crippen LogP contribution is -2.34. The summed E-state index contributed by atoms with van der Waals surface area (Å²) in [7, 11) is 1.92. The van der Waals surface area contributed by atoms with Crippen molar-refractivity contribution in [3.63, 3.8) is 0 Å². The van der Waals surface area contributed by atoms with Gasteiger partial charge in [-0.05, 0) is 23.6 Å². The van der Waals surface area contributed by atoms with Gasteiger partial charge in [-0.25, -0.2) is 0 Å². The second-order valence-electron chi connectivity index (χ2n) is 6.23. The summed E-state index contributed by atoms with van der Waals surface area (Å²) in [5.41, 5.74) is 2.73. The smallest absolute Gasteiger partial charge is 0.233 e. The Balaban J connectivity index is 2.16. The van der Waals surface area contributed by atoms with Crippen LogP contribution in [0.3, 0.4) is 0 Å². The molecule has 2 rings (SSSR count). The monoisotopic (exact) mass is 292 g/mol. The van der Waals surface area contributed by atoms with E-state index in [2.05, 4.69) is 50.4 Å². The molecule has 0 aromatic heterocycles. The summed E-state index contributed by atoms with van der Waals surface area (Å²) in [6.07, 6.45) is 0. The number of benzene rings is 1. The summed E-state index contributed by atoms with van der Waals surface area (Å²) < 4.78 is 0. The molecule has 0 bridgehead atoms. The van der Waals surface area contributed by atoms with Crippen molar-refractivity contribution >= 4 is 17.7 Å². The van der Waals surface area contributed by atoms with Gasteiger partial charge in [-0.1, -0.05) is 45.0 Å². The van der Waals surface area contributed by atoms with Crippen LogP contribution in [0.15, 0.2) is 24.3 Å². The first-order valence-electron chi connectivity index (χ1n) is 7.09. The molecule has 1 atom stereocenters. The van der Waals surface area contributed by atoms with Gasteiger partial charge < -0.3 is 10.2 Å². The topological polar surface area (TPSA) is 32.3 Å². The molecule has 1 aliphatic heterocycles. The Hall–Kier alpha value is -1.00. The average Bonchev–Trinajstić information content (AvgIpc) is 2.77. The minimum Gasteiger partial charge on any atom is -0.325 e. The van der Waals surface area contributed by atoms with Crippen LogP contribution in [0, 0.1) is 0 Å². The van der Waals surface area contributed by atoms with Crippen molar-refractivity contribution in [3.8, 4) is 0 Å². The first-order chi connectivity index (χ1) is 9.43. The number of carbonyl (C=O) groups is 1. The summed E-state index contributed by atoms with van der Waals surface area (Å²) in [6.45, 7) is 8.26. The normalized spacial score (nSPS) is 19.7. The number of rotatable bonds is 4. The van der Waals surface area contributed by atoms with Gasteiger partial charge in [-0.15, -0.1) is 11.8 Å². The number of nitrogens with zero attached hydrogens (tertiary/aromatic N) is 1. The van der Waals surface area contributed by atoms with Crippen LogP contribution in [0.25, 0.3) is 0 Å². The van der Waals surface area contributed by atoms with Crippen molar-refractivity contribution in [1.29, 1.82) is 0 Å². The fraction of sp³-hybridized carbons (Fsp3) is 0.562. The van der Waals surface area contributed by atoms with Gasteiger partial charge in [0.1, 0.15) is 5.37 Å². The van der Waals surface area contributed by atoms with E-state index >= 15 is 0 Å². The number of hydrogen-bond acceptors (Lipinski definition) is 3. The van der Waals surface area contributed by atoms with Crippen LogP contribution in [0.1, 0.15) is 37.3 Å². The van der Waals surface area contributed by atoms with E-state index in [4.69, 9.17) is 0 Å². The fourth-order valence-electron chi connectivity index (χ4n) is 2.35. The molecule has 20 heavy (non-hydrogen) atoms. The van der Waals surface area contributed by atoms with Crippen molar-refractivity contribution < 1.29 is 4.79 Å². The van der Waals surface area contributed by atoms with Crippen LogP contribution in [0.5, 0.6) is 0 Å². The molecule has 1 fully saturated rings. The standard InChI is InChI=1S/C16H24N2OS/c1-16(2,3)13-7-5-12(6-8-13)15-18(10-9-17-4)14(19)11-20-15/h5-8,15,17H,9-11H2,1-4H3. The van der Waals surface area contributed by atoms with Gasteiger partial charge in [0.2, 0.25) is 5.91 Å². The Morgan fingerprint density at radius 1 is 1.30 bits per heavy atom. The molecule has 1 unspecified atom stereocenters. The van der Waals surface area contributed by atoms with Gasteiger partial charge in [-0.3, -0.25) is 4.79 Å². The SMILES string of the molecule is CNCCN1C(=O)CSC1c1ccc(C(C)(C)C)cc1. The van der Waals surface area contributed by atoms with Crippen LogP contribution in [0.4, 0.5) is 0 Å². The fourth-order valence-corrected chi connectivity index (χ4v) is 3.57. The summed E-state index contributed by atoms with van der Waals surface area (Å²) >= 11 is 1.72. The van der Waals surface area contributed by atoms with Crippen LogP contribution >= 0.6 is 11.8 Å². The predicted molar refractivity (Wildman–Crippen MR) is 86.0 cm³/mol.